The van der Waals surface area contributed by atoms with Gasteiger partial charge in [-0.1, -0.05) is 19.9 Å². The van der Waals surface area contributed by atoms with E-state index in [4.69, 9.17) is 0 Å². The average molecular weight is 383 g/mol. The highest BCUT2D eigenvalue weighted by Gasteiger charge is 2.26. The predicted molar refractivity (Wildman–Crippen MR) is 99.6 cm³/mol. The van der Waals surface area contributed by atoms with Crippen molar-refractivity contribution in [3.8, 4) is 0 Å². The minimum atomic E-state index is -3.74. The lowest BCUT2D eigenvalue weighted by molar-refractivity contribution is -0.384. The Kier molecular flexibility index (Phi) is 6.15. The summed E-state index contributed by atoms with van der Waals surface area (Å²) in [4.78, 5) is 11.8. The van der Waals surface area contributed by atoms with E-state index in [1.165, 1.54) is 16.4 Å². The summed E-state index contributed by atoms with van der Waals surface area (Å²) in [5.41, 5.74) is 0.0426. The number of anilines is 1. The molecule has 1 N–H and O–H groups in total. The molecule has 0 aliphatic heterocycles. The number of rotatable bonds is 8. The van der Waals surface area contributed by atoms with Crippen molar-refractivity contribution in [3.05, 3.63) is 50.7 Å². The van der Waals surface area contributed by atoms with Crippen LogP contribution in [-0.4, -0.2) is 30.7 Å². The van der Waals surface area contributed by atoms with Gasteiger partial charge < -0.3 is 5.32 Å². The molecule has 1 heterocycles. The number of hydrogen-bond acceptors (Lipinski definition) is 6. The molecule has 0 spiro atoms. The lowest BCUT2D eigenvalue weighted by Crippen LogP contribution is -2.30. The fraction of sp³-hybridized carbons (Fsp3) is 0.375. The Morgan fingerprint density at radius 2 is 1.96 bits per heavy atom. The highest BCUT2D eigenvalue weighted by atomic mass is 32.2. The smallest absolute Gasteiger partial charge is 0.293 e. The molecular weight excluding hydrogens is 362 g/mol. The molecule has 7 nitrogen and oxygen atoms in total. The minimum absolute atomic E-state index is 0.0720. The summed E-state index contributed by atoms with van der Waals surface area (Å²) >= 11 is 1.55. The van der Waals surface area contributed by atoms with Gasteiger partial charge in [0.1, 0.15) is 5.69 Å². The van der Waals surface area contributed by atoms with Crippen molar-refractivity contribution in [1.82, 2.24) is 4.31 Å². The Bertz CT molecular complexity index is 831. The molecule has 136 valence electrons. The molecule has 1 atom stereocenters. The molecule has 0 aliphatic rings. The molecule has 0 unspecified atom stereocenters. The van der Waals surface area contributed by atoms with Gasteiger partial charge in [0.05, 0.1) is 15.9 Å². The molecule has 0 fully saturated rings. The molecule has 1 aromatic heterocycles. The highest BCUT2D eigenvalue weighted by Crippen LogP contribution is 2.32. The fourth-order valence-electron chi connectivity index (χ4n) is 2.50. The van der Waals surface area contributed by atoms with Crippen LogP contribution in [0.2, 0.25) is 0 Å². The van der Waals surface area contributed by atoms with Crippen LogP contribution in [0.25, 0.3) is 0 Å². The van der Waals surface area contributed by atoms with Crippen molar-refractivity contribution < 1.29 is 13.3 Å². The molecular formula is C16H21N3O4S2. The van der Waals surface area contributed by atoms with Crippen LogP contribution in [0.15, 0.2) is 40.6 Å². The molecule has 0 radical (unpaired) electrons. The summed E-state index contributed by atoms with van der Waals surface area (Å²) in [7, 11) is -3.74. The van der Waals surface area contributed by atoms with Crippen LogP contribution >= 0.6 is 11.3 Å². The van der Waals surface area contributed by atoms with Crippen molar-refractivity contribution in [2.75, 3.05) is 18.4 Å². The Balaban J connectivity index is 2.40. The van der Waals surface area contributed by atoms with E-state index in [1.54, 1.807) is 25.2 Å². The van der Waals surface area contributed by atoms with E-state index in [0.29, 0.717) is 18.8 Å². The summed E-state index contributed by atoms with van der Waals surface area (Å²) in [6.07, 6.45) is 0. The van der Waals surface area contributed by atoms with E-state index in [9.17, 15) is 18.5 Å². The van der Waals surface area contributed by atoms with Crippen molar-refractivity contribution in [2.45, 2.75) is 31.7 Å². The molecule has 0 saturated heterocycles. The topological polar surface area (TPSA) is 92.6 Å². The SMILES string of the molecule is CCN(CC)S(=O)(=O)c1ccc(N[C@H](C)c2cccs2)c([N+](=O)[O-])c1. The third kappa shape index (κ3) is 4.17. The van der Waals surface area contributed by atoms with Crippen molar-refractivity contribution >= 4 is 32.7 Å². The van der Waals surface area contributed by atoms with Crippen LogP contribution in [-0.2, 0) is 10.0 Å². The van der Waals surface area contributed by atoms with Gasteiger partial charge in [0.25, 0.3) is 5.69 Å². The normalized spacial score (nSPS) is 13.0. The van der Waals surface area contributed by atoms with Crippen molar-refractivity contribution in [1.29, 1.82) is 0 Å². The van der Waals surface area contributed by atoms with E-state index < -0.39 is 14.9 Å². The number of nitrogens with zero attached hydrogens (tertiary/aromatic N) is 2. The molecule has 0 bridgehead atoms. The maximum Gasteiger partial charge on any atom is 0.293 e. The molecule has 2 aromatic rings. The first-order chi connectivity index (χ1) is 11.8. The number of benzene rings is 1. The lowest BCUT2D eigenvalue weighted by Gasteiger charge is -2.19. The quantitative estimate of drug-likeness (QED) is 0.552. The summed E-state index contributed by atoms with van der Waals surface area (Å²) < 4.78 is 26.4. The summed E-state index contributed by atoms with van der Waals surface area (Å²) in [5, 5.41) is 16.5. The number of nitro groups is 1. The molecule has 0 aliphatic carbocycles. The van der Waals surface area contributed by atoms with Crippen LogP contribution < -0.4 is 5.32 Å². The fourth-order valence-corrected chi connectivity index (χ4v) is 4.71. The molecule has 0 amide bonds. The number of nitrogens with one attached hydrogen (secondary N) is 1. The Hall–Kier alpha value is -1.97. The van der Waals surface area contributed by atoms with Crippen LogP contribution in [0.4, 0.5) is 11.4 Å². The molecule has 2 rings (SSSR count). The monoisotopic (exact) mass is 383 g/mol. The third-order valence-corrected chi connectivity index (χ3v) is 6.95. The molecule has 25 heavy (non-hydrogen) atoms. The second-order valence-electron chi connectivity index (χ2n) is 5.41. The summed E-state index contributed by atoms with van der Waals surface area (Å²) in [6, 6.07) is 7.71. The van der Waals surface area contributed by atoms with Crippen molar-refractivity contribution in [3.63, 3.8) is 0 Å². The Morgan fingerprint density at radius 1 is 1.28 bits per heavy atom. The van der Waals surface area contributed by atoms with Gasteiger partial charge in [0.2, 0.25) is 10.0 Å². The maximum absolute atomic E-state index is 12.6. The van der Waals surface area contributed by atoms with E-state index in [0.717, 1.165) is 10.9 Å². The maximum atomic E-state index is 12.6. The molecule has 9 heteroatoms. The van der Waals surface area contributed by atoms with Gasteiger partial charge in [-0.25, -0.2) is 8.42 Å². The van der Waals surface area contributed by atoms with Gasteiger partial charge in [0.15, 0.2) is 0 Å². The van der Waals surface area contributed by atoms with Gasteiger partial charge in [-0.3, -0.25) is 10.1 Å². The van der Waals surface area contributed by atoms with Gasteiger partial charge in [0, 0.05) is 24.0 Å². The zero-order valence-corrected chi connectivity index (χ0v) is 15.9. The lowest BCUT2D eigenvalue weighted by atomic mass is 10.2. The predicted octanol–water partition coefficient (Wildman–Crippen LogP) is 3.86. The van der Waals surface area contributed by atoms with Crippen LogP contribution in [0.1, 0.15) is 31.7 Å². The minimum Gasteiger partial charge on any atom is -0.372 e. The first-order valence-electron chi connectivity index (χ1n) is 7.89. The Labute approximate surface area is 151 Å². The largest absolute Gasteiger partial charge is 0.372 e. The van der Waals surface area contributed by atoms with Gasteiger partial charge >= 0.3 is 0 Å². The molecule has 1 aromatic carbocycles. The first kappa shape index (κ1) is 19.4. The number of hydrogen-bond donors (Lipinski definition) is 1. The van der Waals surface area contributed by atoms with Gasteiger partial charge in [-0.05, 0) is 30.5 Å². The second-order valence-corrected chi connectivity index (χ2v) is 8.32. The van der Waals surface area contributed by atoms with Crippen LogP contribution in [0.5, 0.6) is 0 Å². The van der Waals surface area contributed by atoms with E-state index in [1.807, 2.05) is 24.4 Å². The zero-order valence-electron chi connectivity index (χ0n) is 14.3. The summed E-state index contributed by atoms with van der Waals surface area (Å²) in [5.74, 6) is 0. The number of sulfonamides is 1. The average Bonchev–Trinajstić information content (AvgIpc) is 3.10. The van der Waals surface area contributed by atoms with Gasteiger partial charge in [-0.15, -0.1) is 11.3 Å². The standard InChI is InChI=1S/C16H21N3O4S2/c1-4-18(5-2)25(22,23)13-8-9-14(15(11-13)19(20)21)17-12(3)16-7-6-10-24-16/h6-12,17H,4-5H2,1-3H3/t12-/m1/s1. The van der Waals surface area contributed by atoms with E-state index >= 15 is 0 Å². The zero-order chi connectivity index (χ0) is 18.6. The highest BCUT2D eigenvalue weighted by molar-refractivity contribution is 7.89. The van der Waals surface area contributed by atoms with Crippen LogP contribution in [0.3, 0.4) is 0 Å². The second kappa shape index (κ2) is 7.94. The Morgan fingerprint density at radius 3 is 2.48 bits per heavy atom. The van der Waals surface area contributed by atoms with Crippen molar-refractivity contribution in [2.24, 2.45) is 0 Å². The van der Waals surface area contributed by atoms with E-state index in [2.05, 4.69) is 5.32 Å². The van der Waals surface area contributed by atoms with E-state index in [-0.39, 0.29) is 16.6 Å². The number of thiophene rings is 1. The summed E-state index contributed by atoms with van der Waals surface area (Å²) in [6.45, 7) is 5.97. The third-order valence-electron chi connectivity index (χ3n) is 3.85. The van der Waals surface area contributed by atoms with Gasteiger partial charge in [-0.2, -0.15) is 4.31 Å². The first-order valence-corrected chi connectivity index (χ1v) is 10.2. The molecule has 0 saturated carbocycles. The number of nitro benzene ring substituents is 1. The van der Waals surface area contributed by atoms with Crippen LogP contribution in [0, 0.1) is 10.1 Å².